The van der Waals surface area contributed by atoms with Gasteiger partial charge >= 0.3 is 0 Å². The largest absolute Gasteiger partial charge is 0.120 e. The Morgan fingerprint density at radius 1 is 1.04 bits per heavy atom. The second kappa shape index (κ2) is 6.76. The van der Waals surface area contributed by atoms with Crippen LogP contribution in [-0.4, -0.2) is 0 Å². The standard InChI is InChI=1S/C27H22/c1-5-6-10-18(2)20(4)23-14-9-12-22-17-21-11-7-8-13-24(21)25-16-15-19(3)26(23)27(22)25/h5-8,10-17H,3-4H2,1-2H3/b6-5-,18-10-. The highest BCUT2D eigenvalue weighted by atomic mass is 14.2. The average Bonchev–Trinajstić information content (AvgIpc) is 2.88. The van der Waals surface area contributed by atoms with Gasteiger partial charge in [0.05, 0.1) is 0 Å². The van der Waals surface area contributed by atoms with Gasteiger partial charge in [-0.15, -0.1) is 5.73 Å². The Kier molecular flexibility index (Phi) is 4.28. The van der Waals surface area contributed by atoms with Crippen LogP contribution in [0.15, 0.2) is 90.2 Å². The Morgan fingerprint density at radius 3 is 2.67 bits per heavy atom. The normalized spacial score (nSPS) is 13.7. The lowest BCUT2D eigenvalue weighted by atomic mass is 9.91. The molecule has 27 heavy (non-hydrogen) atoms. The molecule has 1 aliphatic carbocycles. The first-order valence-corrected chi connectivity index (χ1v) is 9.21. The van der Waals surface area contributed by atoms with Gasteiger partial charge in [-0.1, -0.05) is 67.8 Å². The van der Waals surface area contributed by atoms with Crippen LogP contribution in [-0.2, 0) is 0 Å². The van der Waals surface area contributed by atoms with Gasteiger partial charge in [0.25, 0.3) is 0 Å². The molecule has 0 aromatic heterocycles. The van der Waals surface area contributed by atoms with Crippen LogP contribution in [0.25, 0.3) is 39.8 Å². The molecule has 0 bridgehead atoms. The monoisotopic (exact) mass is 346 g/mol. The molecule has 4 rings (SSSR count). The summed E-state index contributed by atoms with van der Waals surface area (Å²) in [5.74, 6) is 0. The lowest BCUT2D eigenvalue weighted by Gasteiger charge is -2.12. The lowest BCUT2D eigenvalue weighted by molar-refractivity contribution is 1.43. The molecule has 130 valence electrons. The van der Waals surface area contributed by atoms with Crippen molar-refractivity contribution >= 4 is 39.8 Å². The third-order valence-corrected chi connectivity index (χ3v) is 5.22. The summed E-state index contributed by atoms with van der Waals surface area (Å²) in [6, 6.07) is 15.1. The van der Waals surface area contributed by atoms with E-state index in [2.05, 4.69) is 80.4 Å². The van der Waals surface area contributed by atoms with Crippen LogP contribution in [0, 0.1) is 0 Å². The zero-order valence-electron chi connectivity index (χ0n) is 15.8. The molecule has 0 fully saturated rings. The molecule has 0 heteroatoms. The van der Waals surface area contributed by atoms with Gasteiger partial charge in [-0.3, -0.25) is 0 Å². The third kappa shape index (κ3) is 2.81. The van der Waals surface area contributed by atoms with Crippen molar-refractivity contribution in [2.45, 2.75) is 13.8 Å². The van der Waals surface area contributed by atoms with Crippen molar-refractivity contribution < 1.29 is 0 Å². The molecule has 0 heterocycles. The Hall–Kier alpha value is -3.34. The average molecular weight is 346 g/mol. The summed E-state index contributed by atoms with van der Waals surface area (Å²) in [7, 11) is 0. The van der Waals surface area contributed by atoms with E-state index in [9.17, 15) is 0 Å². The van der Waals surface area contributed by atoms with Crippen molar-refractivity contribution in [3.8, 4) is 0 Å². The van der Waals surface area contributed by atoms with E-state index in [0.717, 1.165) is 27.2 Å². The van der Waals surface area contributed by atoms with Crippen molar-refractivity contribution in [1.82, 2.24) is 0 Å². The van der Waals surface area contributed by atoms with Gasteiger partial charge in [0, 0.05) is 0 Å². The Balaban J connectivity index is 2.20. The molecule has 1 aliphatic rings. The number of benzene rings is 3. The van der Waals surface area contributed by atoms with Crippen molar-refractivity contribution in [3.05, 3.63) is 106 Å². The van der Waals surface area contributed by atoms with E-state index in [0.29, 0.717) is 0 Å². The van der Waals surface area contributed by atoms with Crippen molar-refractivity contribution in [3.63, 3.8) is 0 Å². The molecule has 0 saturated heterocycles. The van der Waals surface area contributed by atoms with Crippen molar-refractivity contribution in [1.29, 1.82) is 0 Å². The number of rotatable bonds is 3. The second-order valence-electron chi connectivity index (χ2n) is 6.93. The number of allylic oxidation sites excluding steroid dienone is 6. The van der Waals surface area contributed by atoms with E-state index in [4.69, 9.17) is 0 Å². The summed E-state index contributed by atoms with van der Waals surface area (Å²) in [4.78, 5) is 0. The molecule has 0 spiro atoms. The van der Waals surface area contributed by atoms with Gasteiger partial charge in [0.15, 0.2) is 0 Å². The van der Waals surface area contributed by atoms with Crippen LogP contribution < -0.4 is 10.4 Å². The highest BCUT2D eigenvalue weighted by Gasteiger charge is 2.12. The maximum Gasteiger partial charge on any atom is -0.00139 e. The predicted octanol–water partition coefficient (Wildman–Crippen LogP) is 5.81. The first-order chi connectivity index (χ1) is 13.1. The molecule has 0 aliphatic heterocycles. The van der Waals surface area contributed by atoms with Gasteiger partial charge in [-0.05, 0) is 86.3 Å². The summed E-state index contributed by atoms with van der Waals surface area (Å²) >= 11 is 0. The van der Waals surface area contributed by atoms with E-state index in [1.54, 1.807) is 0 Å². The summed E-state index contributed by atoms with van der Waals surface area (Å²) in [5, 5.41) is 7.16. The molecule has 0 saturated carbocycles. The Labute approximate surface area is 160 Å². The van der Waals surface area contributed by atoms with Crippen LogP contribution in [0.4, 0.5) is 0 Å². The number of hydrogen-bond donors (Lipinski definition) is 0. The van der Waals surface area contributed by atoms with Crippen LogP contribution in [0.3, 0.4) is 0 Å². The molecular weight excluding hydrogens is 324 g/mol. The molecule has 0 N–H and O–H groups in total. The van der Waals surface area contributed by atoms with Crippen molar-refractivity contribution in [2.24, 2.45) is 0 Å². The second-order valence-corrected chi connectivity index (χ2v) is 6.93. The fourth-order valence-electron chi connectivity index (χ4n) is 3.78. The molecule has 3 aromatic carbocycles. The smallest absolute Gasteiger partial charge is 0.00139 e. The van der Waals surface area contributed by atoms with Crippen molar-refractivity contribution in [2.75, 3.05) is 0 Å². The zero-order chi connectivity index (χ0) is 19.0. The van der Waals surface area contributed by atoms with Crippen LogP contribution in [0.2, 0.25) is 0 Å². The van der Waals surface area contributed by atoms with E-state index >= 15 is 0 Å². The summed E-state index contributed by atoms with van der Waals surface area (Å²) in [6.07, 6.45) is 10.3. The fourth-order valence-corrected chi connectivity index (χ4v) is 3.78. The van der Waals surface area contributed by atoms with E-state index < -0.39 is 0 Å². The lowest BCUT2D eigenvalue weighted by Crippen LogP contribution is -2.27. The summed E-state index contributed by atoms with van der Waals surface area (Å²) in [5.41, 5.74) is 7.79. The molecule has 0 radical (unpaired) electrons. The summed E-state index contributed by atoms with van der Waals surface area (Å²) in [6.45, 7) is 12.8. The van der Waals surface area contributed by atoms with Crippen LogP contribution in [0.1, 0.15) is 19.4 Å². The quantitative estimate of drug-likeness (QED) is 0.319. The molecule has 3 aromatic rings. The number of fused-ring (bicyclic) bond motifs is 2. The topological polar surface area (TPSA) is 0 Å². The third-order valence-electron chi connectivity index (χ3n) is 5.22. The minimum atomic E-state index is 1.01. The van der Waals surface area contributed by atoms with E-state index in [1.165, 1.54) is 27.1 Å². The van der Waals surface area contributed by atoms with E-state index in [-0.39, 0.29) is 0 Å². The van der Waals surface area contributed by atoms with Crippen LogP contribution >= 0.6 is 0 Å². The van der Waals surface area contributed by atoms with Gasteiger partial charge in [0.1, 0.15) is 0 Å². The van der Waals surface area contributed by atoms with Gasteiger partial charge in [0.2, 0.25) is 0 Å². The zero-order valence-corrected chi connectivity index (χ0v) is 15.8. The molecular formula is C27H22. The first kappa shape index (κ1) is 17.1. The molecule has 0 amide bonds. The molecule has 0 nitrogen and oxygen atoms in total. The Bertz CT molecular complexity index is 1330. The van der Waals surface area contributed by atoms with Gasteiger partial charge < -0.3 is 0 Å². The first-order valence-electron chi connectivity index (χ1n) is 9.21. The maximum absolute atomic E-state index is 4.38. The van der Waals surface area contributed by atoms with Gasteiger partial charge in [-0.2, -0.15) is 0 Å². The van der Waals surface area contributed by atoms with E-state index in [1.807, 2.05) is 25.2 Å². The molecule has 0 unspecified atom stereocenters. The SMILES string of the molecule is C=C(C1=c2c(=C)ccc3c2c(cc2ccccc23)C=C=C1)/C(C)=C\C=C/C. The fraction of sp³-hybridized carbons (Fsp3) is 0.0741. The maximum atomic E-state index is 4.38. The minimum absolute atomic E-state index is 1.01. The highest BCUT2D eigenvalue weighted by Crippen LogP contribution is 2.29. The predicted molar refractivity (Wildman–Crippen MR) is 120 cm³/mol. The van der Waals surface area contributed by atoms with Crippen LogP contribution in [0.5, 0.6) is 0 Å². The molecule has 0 atom stereocenters. The number of hydrogen-bond acceptors (Lipinski definition) is 0. The minimum Gasteiger partial charge on any atom is -0.120 e. The summed E-state index contributed by atoms with van der Waals surface area (Å²) < 4.78 is 0. The highest BCUT2D eigenvalue weighted by molar-refractivity contribution is 6.12. The Morgan fingerprint density at radius 2 is 1.85 bits per heavy atom. The van der Waals surface area contributed by atoms with Gasteiger partial charge in [-0.25, -0.2) is 0 Å².